The quantitative estimate of drug-likeness (QED) is 0.924. The molecule has 0 aliphatic carbocycles. The van der Waals surface area contributed by atoms with E-state index in [9.17, 15) is 8.42 Å². The van der Waals surface area contributed by atoms with Crippen LogP contribution in [0.25, 0.3) is 0 Å². The first kappa shape index (κ1) is 13.6. The van der Waals surface area contributed by atoms with Crippen LogP contribution >= 0.6 is 27.3 Å². The molecule has 0 aliphatic heterocycles. The van der Waals surface area contributed by atoms with Crippen LogP contribution in [0, 0.1) is 17.2 Å². The van der Waals surface area contributed by atoms with Gasteiger partial charge in [-0.25, -0.2) is 8.42 Å². The molecule has 0 spiro atoms. The average Bonchev–Trinajstić information content (AvgIpc) is 2.61. The first-order chi connectivity index (χ1) is 7.38. The fourth-order valence-corrected chi connectivity index (χ4v) is 4.65. The molecule has 0 saturated heterocycles. The Bertz CT molecular complexity index is 502. The molecule has 0 bridgehead atoms. The second kappa shape index (κ2) is 5.27. The van der Waals surface area contributed by atoms with Gasteiger partial charge in [-0.1, -0.05) is 13.8 Å². The first-order valence-corrected chi connectivity index (χ1v) is 7.69. The number of hydrogen-bond acceptors (Lipinski definition) is 4. The molecule has 0 amide bonds. The minimum atomic E-state index is -3.60. The number of rotatable bonds is 4. The van der Waals surface area contributed by atoms with Crippen LogP contribution in [0.1, 0.15) is 13.8 Å². The SMILES string of the molecule is CC(C)C(C#N)NS(=O)(=O)c1sccc1Br. The van der Waals surface area contributed by atoms with Gasteiger partial charge in [0.05, 0.1) is 6.07 Å². The number of sulfonamides is 1. The van der Waals surface area contributed by atoms with E-state index in [-0.39, 0.29) is 10.1 Å². The monoisotopic (exact) mass is 322 g/mol. The van der Waals surface area contributed by atoms with E-state index in [1.54, 1.807) is 25.3 Å². The summed E-state index contributed by atoms with van der Waals surface area (Å²) in [6, 6.07) is 2.89. The number of nitrogens with one attached hydrogen (secondary N) is 1. The standard InChI is InChI=1S/C9H11BrN2O2S2/c1-6(2)8(5-11)12-16(13,14)9-7(10)3-4-15-9/h3-4,6,8,12H,1-2H3. The maximum atomic E-state index is 11.9. The summed E-state index contributed by atoms with van der Waals surface area (Å²) in [6.45, 7) is 3.58. The summed E-state index contributed by atoms with van der Waals surface area (Å²) in [5.41, 5.74) is 0. The Morgan fingerprint density at radius 2 is 2.19 bits per heavy atom. The summed E-state index contributed by atoms with van der Waals surface area (Å²) in [4.78, 5) is 0. The first-order valence-electron chi connectivity index (χ1n) is 4.53. The van der Waals surface area contributed by atoms with E-state index in [1.807, 2.05) is 6.07 Å². The highest BCUT2D eigenvalue weighted by atomic mass is 79.9. The minimum absolute atomic E-state index is 0.0708. The van der Waals surface area contributed by atoms with Crippen molar-refractivity contribution in [3.05, 3.63) is 15.9 Å². The van der Waals surface area contributed by atoms with Crippen molar-refractivity contribution in [3.63, 3.8) is 0 Å². The third kappa shape index (κ3) is 3.04. The smallest absolute Gasteiger partial charge is 0.206 e. The molecule has 0 saturated carbocycles. The highest BCUT2D eigenvalue weighted by Gasteiger charge is 2.24. The van der Waals surface area contributed by atoms with Gasteiger partial charge in [0.15, 0.2) is 0 Å². The molecule has 1 unspecified atom stereocenters. The van der Waals surface area contributed by atoms with Gasteiger partial charge in [0, 0.05) is 4.47 Å². The van der Waals surface area contributed by atoms with E-state index in [1.165, 1.54) is 0 Å². The molecule has 0 aromatic carbocycles. The van der Waals surface area contributed by atoms with E-state index in [0.29, 0.717) is 4.47 Å². The molecule has 88 valence electrons. The summed E-state index contributed by atoms with van der Waals surface area (Å²) >= 11 is 4.27. The molecule has 16 heavy (non-hydrogen) atoms. The van der Waals surface area contributed by atoms with Crippen LogP contribution in [0.15, 0.2) is 20.1 Å². The molecule has 0 aliphatic rings. The highest BCUT2D eigenvalue weighted by molar-refractivity contribution is 9.10. The predicted octanol–water partition coefficient (Wildman–Crippen LogP) is 2.34. The lowest BCUT2D eigenvalue weighted by Crippen LogP contribution is -2.37. The van der Waals surface area contributed by atoms with E-state index in [2.05, 4.69) is 20.7 Å². The van der Waals surface area contributed by atoms with E-state index in [4.69, 9.17) is 5.26 Å². The summed E-state index contributed by atoms with van der Waals surface area (Å²) in [5, 5.41) is 10.5. The van der Waals surface area contributed by atoms with Gasteiger partial charge in [0.25, 0.3) is 10.0 Å². The summed E-state index contributed by atoms with van der Waals surface area (Å²) in [6.07, 6.45) is 0. The Hall–Kier alpha value is -0.420. The molecule has 1 atom stereocenters. The molecule has 1 aromatic rings. The van der Waals surface area contributed by atoms with Gasteiger partial charge in [-0.15, -0.1) is 11.3 Å². The molecule has 1 N–H and O–H groups in total. The number of nitriles is 1. The second-order valence-electron chi connectivity index (χ2n) is 3.53. The van der Waals surface area contributed by atoms with E-state index < -0.39 is 16.1 Å². The highest BCUT2D eigenvalue weighted by Crippen LogP contribution is 2.27. The third-order valence-corrected chi connectivity index (χ3v) is 6.03. The zero-order valence-electron chi connectivity index (χ0n) is 8.77. The van der Waals surface area contributed by atoms with Crippen LogP contribution in [0.3, 0.4) is 0 Å². The van der Waals surface area contributed by atoms with Gasteiger partial charge in [-0.2, -0.15) is 9.98 Å². The molecule has 1 aromatic heterocycles. The minimum Gasteiger partial charge on any atom is -0.206 e. The lowest BCUT2D eigenvalue weighted by Gasteiger charge is -2.14. The van der Waals surface area contributed by atoms with E-state index in [0.717, 1.165) is 11.3 Å². The van der Waals surface area contributed by atoms with Crippen LogP contribution in [-0.4, -0.2) is 14.5 Å². The molecule has 1 rings (SSSR count). The maximum Gasteiger partial charge on any atom is 0.252 e. The van der Waals surface area contributed by atoms with Gasteiger partial charge in [0.1, 0.15) is 10.3 Å². The van der Waals surface area contributed by atoms with Crippen molar-refractivity contribution in [2.45, 2.75) is 24.1 Å². The Kier molecular flexibility index (Phi) is 4.50. The molecular formula is C9H11BrN2O2S2. The summed E-state index contributed by atoms with van der Waals surface area (Å²) in [5.74, 6) is -0.0708. The van der Waals surface area contributed by atoms with Crippen molar-refractivity contribution in [2.24, 2.45) is 5.92 Å². The Morgan fingerprint density at radius 1 is 1.56 bits per heavy atom. The van der Waals surface area contributed by atoms with Gasteiger partial charge in [-0.3, -0.25) is 0 Å². The van der Waals surface area contributed by atoms with Crippen molar-refractivity contribution in [1.82, 2.24) is 4.72 Å². The molecule has 4 nitrogen and oxygen atoms in total. The second-order valence-corrected chi connectivity index (χ2v) is 7.21. The van der Waals surface area contributed by atoms with Crippen molar-refractivity contribution in [2.75, 3.05) is 0 Å². The molecular weight excluding hydrogens is 312 g/mol. The Morgan fingerprint density at radius 3 is 2.56 bits per heavy atom. The molecule has 7 heteroatoms. The number of nitrogens with zero attached hydrogens (tertiary/aromatic N) is 1. The largest absolute Gasteiger partial charge is 0.252 e. The third-order valence-electron chi connectivity index (χ3n) is 1.92. The predicted molar refractivity (Wildman–Crippen MR) is 66.6 cm³/mol. The molecule has 0 radical (unpaired) electrons. The van der Waals surface area contributed by atoms with Gasteiger partial charge >= 0.3 is 0 Å². The summed E-state index contributed by atoms with van der Waals surface area (Å²) in [7, 11) is -3.60. The van der Waals surface area contributed by atoms with Crippen molar-refractivity contribution >= 4 is 37.3 Å². The Labute approximate surface area is 107 Å². The summed E-state index contributed by atoms with van der Waals surface area (Å²) < 4.78 is 26.9. The number of thiophene rings is 1. The average molecular weight is 323 g/mol. The number of halogens is 1. The van der Waals surface area contributed by atoms with E-state index >= 15 is 0 Å². The van der Waals surface area contributed by atoms with Gasteiger partial charge in [0.2, 0.25) is 0 Å². The zero-order chi connectivity index (χ0) is 12.3. The molecule has 1 heterocycles. The van der Waals surface area contributed by atoms with Crippen molar-refractivity contribution in [1.29, 1.82) is 5.26 Å². The van der Waals surface area contributed by atoms with Crippen LogP contribution in [0.2, 0.25) is 0 Å². The zero-order valence-corrected chi connectivity index (χ0v) is 12.0. The van der Waals surface area contributed by atoms with Gasteiger partial charge < -0.3 is 0 Å². The Balaban J connectivity index is 2.98. The number of hydrogen-bond donors (Lipinski definition) is 1. The van der Waals surface area contributed by atoms with Crippen LogP contribution in [0.4, 0.5) is 0 Å². The van der Waals surface area contributed by atoms with Crippen LogP contribution in [0.5, 0.6) is 0 Å². The van der Waals surface area contributed by atoms with Crippen LogP contribution in [-0.2, 0) is 10.0 Å². The lowest BCUT2D eigenvalue weighted by molar-refractivity contribution is 0.516. The normalized spacial score (nSPS) is 13.7. The molecule has 0 fully saturated rings. The van der Waals surface area contributed by atoms with Crippen LogP contribution < -0.4 is 4.72 Å². The maximum absolute atomic E-state index is 11.9. The topological polar surface area (TPSA) is 70.0 Å². The van der Waals surface area contributed by atoms with Crippen molar-refractivity contribution in [3.8, 4) is 6.07 Å². The van der Waals surface area contributed by atoms with Crippen molar-refractivity contribution < 1.29 is 8.42 Å². The lowest BCUT2D eigenvalue weighted by atomic mass is 10.1. The fourth-order valence-electron chi connectivity index (χ4n) is 1.00. The van der Waals surface area contributed by atoms with Gasteiger partial charge in [-0.05, 0) is 33.3 Å². The fraction of sp³-hybridized carbons (Fsp3) is 0.444.